The molecule has 32 heavy (non-hydrogen) atoms. The molecule has 2 N–H and O–H groups in total. The predicted octanol–water partition coefficient (Wildman–Crippen LogP) is 4.76. The minimum Gasteiger partial charge on any atom is -0.371 e. The highest BCUT2D eigenvalue weighted by Crippen LogP contribution is 2.28. The number of benzene rings is 2. The molecule has 6 nitrogen and oxygen atoms in total. The monoisotopic (exact) mass is 500 g/mol. The number of amides is 2. The first-order valence-electron chi connectivity index (χ1n) is 11.5. The number of nitrogens with zero attached hydrogens (tertiary/aromatic N) is 2. The van der Waals surface area contributed by atoms with E-state index < -0.39 is 0 Å². The van der Waals surface area contributed by atoms with E-state index in [1.54, 1.807) is 12.1 Å². The molecule has 1 aliphatic rings. The number of hydrogen-bond acceptors (Lipinski definition) is 4. The van der Waals surface area contributed by atoms with Crippen LogP contribution in [0.15, 0.2) is 46.9 Å². The standard InChI is InChI=1S/C25H33BrN4O2/c1-3-29(4-2)17-14-27-24(31)21-18-19(12-13-23(21)30-15-8-5-9-16-30)28-25(32)20-10-6-7-11-22(20)26/h6-7,10-13,18H,3-5,8-9,14-17H2,1-2H3,(H,27,31)(H,28,32). The van der Waals surface area contributed by atoms with E-state index in [-0.39, 0.29) is 11.8 Å². The second kappa shape index (κ2) is 12.0. The number of carbonyl (C=O) groups excluding carboxylic acids is 2. The van der Waals surface area contributed by atoms with Crippen molar-refractivity contribution in [3.63, 3.8) is 0 Å². The van der Waals surface area contributed by atoms with Gasteiger partial charge in [0.1, 0.15) is 0 Å². The molecule has 0 atom stereocenters. The van der Waals surface area contributed by atoms with Crippen LogP contribution in [0.1, 0.15) is 53.8 Å². The number of halogens is 1. The Labute approximate surface area is 199 Å². The van der Waals surface area contributed by atoms with E-state index in [0.717, 1.165) is 55.7 Å². The Bertz CT molecular complexity index is 924. The summed E-state index contributed by atoms with van der Waals surface area (Å²) in [5.74, 6) is -0.314. The second-order valence-electron chi connectivity index (χ2n) is 8.00. The van der Waals surface area contributed by atoms with Crippen LogP contribution in [0.3, 0.4) is 0 Å². The van der Waals surface area contributed by atoms with Gasteiger partial charge in [0, 0.05) is 42.0 Å². The zero-order valence-electron chi connectivity index (χ0n) is 19.0. The lowest BCUT2D eigenvalue weighted by molar-refractivity contribution is 0.0948. The summed E-state index contributed by atoms with van der Waals surface area (Å²) in [6.07, 6.45) is 3.48. The molecule has 1 aliphatic heterocycles. The van der Waals surface area contributed by atoms with Gasteiger partial charge in [-0.2, -0.15) is 0 Å². The molecule has 0 bridgehead atoms. The van der Waals surface area contributed by atoms with Gasteiger partial charge in [0.2, 0.25) is 0 Å². The maximum atomic E-state index is 13.2. The number of hydrogen-bond donors (Lipinski definition) is 2. The number of carbonyl (C=O) groups is 2. The van der Waals surface area contributed by atoms with Gasteiger partial charge in [-0.1, -0.05) is 26.0 Å². The highest BCUT2D eigenvalue weighted by molar-refractivity contribution is 9.10. The number of nitrogens with one attached hydrogen (secondary N) is 2. The van der Waals surface area contributed by atoms with Gasteiger partial charge in [-0.3, -0.25) is 9.59 Å². The third-order valence-electron chi connectivity index (χ3n) is 5.92. The molecule has 3 rings (SSSR count). The number of anilines is 2. The third kappa shape index (κ3) is 6.33. The lowest BCUT2D eigenvalue weighted by Crippen LogP contribution is -2.36. The molecule has 0 unspecified atom stereocenters. The summed E-state index contributed by atoms with van der Waals surface area (Å²) >= 11 is 3.43. The average molecular weight is 501 g/mol. The Hall–Kier alpha value is -2.38. The Kier molecular flexibility index (Phi) is 9.11. The van der Waals surface area contributed by atoms with Crippen LogP contribution in [0, 0.1) is 0 Å². The Morgan fingerprint density at radius 3 is 2.38 bits per heavy atom. The summed E-state index contributed by atoms with van der Waals surface area (Å²) in [7, 11) is 0. The minimum atomic E-state index is -0.212. The maximum absolute atomic E-state index is 13.2. The molecule has 1 heterocycles. The summed E-state index contributed by atoms with van der Waals surface area (Å²) in [6, 6.07) is 12.9. The minimum absolute atomic E-state index is 0.102. The summed E-state index contributed by atoms with van der Waals surface area (Å²) in [5, 5.41) is 6.01. The largest absolute Gasteiger partial charge is 0.371 e. The smallest absolute Gasteiger partial charge is 0.256 e. The van der Waals surface area contributed by atoms with Crippen molar-refractivity contribution >= 4 is 39.1 Å². The molecule has 2 amide bonds. The second-order valence-corrected chi connectivity index (χ2v) is 8.85. The molecule has 0 radical (unpaired) electrons. The summed E-state index contributed by atoms with van der Waals surface area (Å²) < 4.78 is 0.733. The van der Waals surface area contributed by atoms with Crippen LogP contribution in [0.25, 0.3) is 0 Å². The van der Waals surface area contributed by atoms with Crippen LogP contribution in [-0.4, -0.2) is 56.0 Å². The number of piperidine rings is 1. The van der Waals surface area contributed by atoms with Gasteiger partial charge in [-0.15, -0.1) is 0 Å². The Morgan fingerprint density at radius 2 is 1.69 bits per heavy atom. The van der Waals surface area contributed by atoms with Crippen LogP contribution in [0.2, 0.25) is 0 Å². The molecule has 7 heteroatoms. The molecule has 0 aliphatic carbocycles. The highest BCUT2D eigenvalue weighted by atomic mass is 79.9. The molecule has 1 saturated heterocycles. The normalized spacial score (nSPS) is 13.8. The molecule has 2 aromatic rings. The van der Waals surface area contributed by atoms with E-state index in [1.165, 1.54) is 6.42 Å². The average Bonchev–Trinajstić information content (AvgIpc) is 2.82. The topological polar surface area (TPSA) is 64.7 Å². The third-order valence-corrected chi connectivity index (χ3v) is 6.61. The van der Waals surface area contributed by atoms with Gasteiger partial charge in [0.15, 0.2) is 0 Å². The molecule has 172 valence electrons. The van der Waals surface area contributed by atoms with Gasteiger partial charge in [0.05, 0.1) is 11.1 Å². The van der Waals surface area contributed by atoms with Crippen molar-refractivity contribution in [3.05, 3.63) is 58.1 Å². The maximum Gasteiger partial charge on any atom is 0.256 e. The van der Waals surface area contributed by atoms with Crippen molar-refractivity contribution < 1.29 is 9.59 Å². The van der Waals surface area contributed by atoms with E-state index in [4.69, 9.17) is 0 Å². The van der Waals surface area contributed by atoms with Crippen LogP contribution < -0.4 is 15.5 Å². The Morgan fingerprint density at radius 1 is 0.969 bits per heavy atom. The zero-order chi connectivity index (χ0) is 22.9. The molecule has 0 aromatic heterocycles. The van der Waals surface area contributed by atoms with Gasteiger partial charge in [-0.25, -0.2) is 0 Å². The van der Waals surface area contributed by atoms with Crippen molar-refractivity contribution in [3.8, 4) is 0 Å². The molecule has 0 spiro atoms. The summed E-state index contributed by atoms with van der Waals surface area (Å²) in [6.45, 7) is 9.46. The molecule has 0 saturated carbocycles. The summed E-state index contributed by atoms with van der Waals surface area (Å²) in [4.78, 5) is 30.5. The van der Waals surface area contributed by atoms with Crippen LogP contribution >= 0.6 is 15.9 Å². The van der Waals surface area contributed by atoms with E-state index in [2.05, 4.69) is 50.2 Å². The van der Waals surface area contributed by atoms with E-state index in [1.807, 2.05) is 30.3 Å². The molecular weight excluding hydrogens is 468 g/mol. The number of likely N-dealkylation sites (N-methyl/N-ethyl adjacent to an activating group) is 1. The van der Waals surface area contributed by atoms with Crippen LogP contribution in [-0.2, 0) is 0 Å². The predicted molar refractivity (Wildman–Crippen MR) is 135 cm³/mol. The van der Waals surface area contributed by atoms with Crippen molar-refractivity contribution in [2.24, 2.45) is 0 Å². The van der Waals surface area contributed by atoms with Crippen molar-refractivity contribution in [2.45, 2.75) is 33.1 Å². The lowest BCUT2D eigenvalue weighted by atomic mass is 10.1. The van der Waals surface area contributed by atoms with E-state index in [9.17, 15) is 9.59 Å². The van der Waals surface area contributed by atoms with Crippen LogP contribution in [0.5, 0.6) is 0 Å². The SMILES string of the molecule is CCN(CC)CCNC(=O)c1cc(NC(=O)c2ccccc2Br)ccc1N1CCCCC1. The fourth-order valence-corrected chi connectivity index (χ4v) is 4.48. The van der Waals surface area contributed by atoms with E-state index >= 15 is 0 Å². The fourth-order valence-electron chi connectivity index (χ4n) is 4.01. The van der Waals surface area contributed by atoms with Gasteiger partial charge < -0.3 is 20.4 Å². The molecule has 2 aromatic carbocycles. The number of rotatable bonds is 9. The van der Waals surface area contributed by atoms with Crippen LogP contribution in [0.4, 0.5) is 11.4 Å². The summed E-state index contributed by atoms with van der Waals surface area (Å²) in [5.41, 5.74) is 2.71. The van der Waals surface area contributed by atoms with Crippen molar-refractivity contribution in [1.82, 2.24) is 10.2 Å². The first-order valence-corrected chi connectivity index (χ1v) is 12.3. The van der Waals surface area contributed by atoms with Gasteiger partial charge in [-0.05, 0) is 78.6 Å². The zero-order valence-corrected chi connectivity index (χ0v) is 20.6. The molecule has 1 fully saturated rings. The molecular formula is C25H33BrN4O2. The first kappa shape index (κ1) is 24.3. The first-order chi connectivity index (χ1) is 15.5. The highest BCUT2D eigenvalue weighted by Gasteiger charge is 2.20. The fraction of sp³-hybridized carbons (Fsp3) is 0.440. The van der Waals surface area contributed by atoms with E-state index in [0.29, 0.717) is 23.4 Å². The van der Waals surface area contributed by atoms with Crippen molar-refractivity contribution in [2.75, 3.05) is 49.5 Å². The van der Waals surface area contributed by atoms with Gasteiger partial charge in [0.25, 0.3) is 11.8 Å². The van der Waals surface area contributed by atoms with Gasteiger partial charge >= 0.3 is 0 Å². The Balaban J connectivity index is 1.80. The quantitative estimate of drug-likeness (QED) is 0.520. The van der Waals surface area contributed by atoms with Crippen molar-refractivity contribution in [1.29, 1.82) is 0 Å². The lowest BCUT2D eigenvalue weighted by Gasteiger charge is -2.30.